The highest BCUT2D eigenvalue weighted by molar-refractivity contribution is 9.10. The van der Waals surface area contributed by atoms with Crippen molar-refractivity contribution in [1.29, 1.82) is 0 Å². The molecule has 0 aliphatic rings. The molecule has 0 fully saturated rings. The third-order valence-electron chi connectivity index (χ3n) is 2.69. The summed E-state index contributed by atoms with van der Waals surface area (Å²) in [7, 11) is 0. The zero-order valence-corrected chi connectivity index (χ0v) is 12.3. The molecule has 1 unspecified atom stereocenters. The first kappa shape index (κ1) is 14.7. The lowest BCUT2D eigenvalue weighted by Gasteiger charge is -2.21. The van der Waals surface area contributed by atoms with Gasteiger partial charge in [0.1, 0.15) is 5.82 Å². The van der Waals surface area contributed by atoms with Gasteiger partial charge in [-0.25, -0.2) is 4.39 Å². The maximum Gasteiger partial charge on any atom is 0.129 e. The molecule has 0 amide bonds. The van der Waals surface area contributed by atoms with E-state index in [4.69, 9.17) is 0 Å². The van der Waals surface area contributed by atoms with E-state index < -0.39 is 0 Å². The normalized spacial score (nSPS) is 13.1. The fourth-order valence-electron chi connectivity index (χ4n) is 1.89. The number of hydrogen-bond donors (Lipinski definition) is 1. The van der Waals surface area contributed by atoms with Crippen LogP contribution in [-0.2, 0) is 0 Å². The van der Waals surface area contributed by atoms with Gasteiger partial charge in [0, 0.05) is 16.1 Å². The van der Waals surface area contributed by atoms with E-state index >= 15 is 0 Å². The minimum absolute atomic E-state index is 0.114. The Balaban J connectivity index is 2.86. The molecule has 0 aliphatic heterocycles. The van der Waals surface area contributed by atoms with Crippen LogP contribution in [-0.4, -0.2) is 6.54 Å². The van der Waals surface area contributed by atoms with Crippen LogP contribution in [0.1, 0.15) is 45.2 Å². The molecule has 1 atom stereocenters. The molecule has 0 saturated heterocycles. The highest BCUT2D eigenvalue weighted by Crippen LogP contribution is 2.25. The summed E-state index contributed by atoms with van der Waals surface area (Å²) in [6.45, 7) is 7.37. The Morgan fingerprint density at radius 1 is 1.35 bits per heavy atom. The molecular formula is C14H21BrFN. The van der Waals surface area contributed by atoms with E-state index in [1.807, 2.05) is 12.1 Å². The topological polar surface area (TPSA) is 12.0 Å². The first-order chi connectivity index (χ1) is 8.04. The number of rotatable bonds is 6. The van der Waals surface area contributed by atoms with E-state index in [1.165, 1.54) is 6.07 Å². The van der Waals surface area contributed by atoms with Crippen LogP contribution in [0.2, 0.25) is 0 Å². The lowest BCUT2D eigenvalue weighted by atomic mass is 9.96. The summed E-state index contributed by atoms with van der Waals surface area (Å²) >= 11 is 3.29. The third kappa shape index (κ3) is 4.76. The highest BCUT2D eigenvalue weighted by Gasteiger charge is 2.16. The Morgan fingerprint density at radius 2 is 2.06 bits per heavy atom. The summed E-state index contributed by atoms with van der Waals surface area (Å²) in [5.74, 6) is 0.418. The third-order valence-corrected chi connectivity index (χ3v) is 3.18. The number of benzene rings is 1. The lowest BCUT2D eigenvalue weighted by Crippen LogP contribution is -2.24. The molecule has 0 spiro atoms. The molecule has 0 radical (unpaired) electrons. The van der Waals surface area contributed by atoms with Crippen LogP contribution in [0.15, 0.2) is 22.7 Å². The second-order valence-corrected chi connectivity index (χ2v) is 5.72. The van der Waals surface area contributed by atoms with Crippen molar-refractivity contribution >= 4 is 15.9 Å². The average molecular weight is 302 g/mol. The van der Waals surface area contributed by atoms with Crippen molar-refractivity contribution in [2.45, 2.75) is 39.7 Å². The van der Waals surface area contributed by atoms with Crippen LogP contribution in [0.4, 0.5) is 4.39 Å². The van der Waals surface area contributed by atoms with E-state index in [9.17, 15) is 4.39 Å². The summed E-state index contributed by atoms with van der Waals surface area (Å²) in [5.41, 5.74) is 0.773. The Bertz CT molecular complexity index is 352. The number of hydrogen-bond acceptors (Lipinski definition) is 1. The average Bonchev–Trinajstić information content (AvgIpc) is 2.24. The van der Waals surface area contributed by atoms with Gasteiger partial charge in [0.15, 0.2) is 0 Å². The molecule has 1 aromatic carbocycles. The molecule has 0 saturated carbocycles. The molecule has 1 rings (SSSR count). The van der Waals surface area contributed by atoms with Crippen molar-refractivity contribution in [2.75, 3.05) is 6.54 Å². The van der Waals surface area contributed by atoms with Gasteiger partial charge in [0.2, 0.25) is 0 Å². The summed E-state index contributed by atoms with van der Waals surface area (Å²) in [5, 5.41) is 3.42. The van der Waals surface area contributed by atoms with Crippen molar-refractivity contribution in [3.05, 3.63) is 34.1 Å². The molecule has 17 heavy (non-hydrogen) atoms. The van der Waals surface area contributed by atoms with Crippen LogP contribution in [0.25, 0.3) is 0 Å². The standard InChI is InChI=1S/C14H21BrFN/c1-4-7-17-14(8-10(2)3)12-6-5-11(15)9-13(12)16/h5-6,9-10,14,17H,4,7-8H2,1-3H3. The van der Waals surface area contributed by atoms with Crippen molar-refractivity contribution in [1.82, 2.24) is 5.32 Å². The van der Waals surface area contributed by atoms with Gasteiger partial charge >= 0.3 is 0 Å². The van der Waals surface area contributed by atoms with Gasteiger partial charge in [-0.15, -0.1) is 0 Å². The maximum atomic E-state index is 13.9. The molecule has 1 aromatic rings. The van der Waals surface area contributed by atoms with Crippen molar-refractivity contribution in [2.24, 2.45) is 5.92 Å². The van der Waals surface area contributed by atoms with Gasteiger partial charge in [-0.1, -0.05) is 42.8 Å². The fourth-order valence-corrected chi connectivity index (χ4v) is 2.23. The first-order valence-electron chi connectivity index (χ1n) is 6.23. The Hall–Kier alpha value is -0.410. The molecule has 0 bridgehead atoms. The van der Waals surface area contributed by atoms with E-state index in [0.29, 0.717) is 5.92 Å². The lowest BCUT2D eigenvalue weighted by molar-refractivity contribution is 0.416. The van der Waals surface area contributed by atoms with Crippen molar-refractivity contribution in [3.63, 3.8) is 0 Å². The van der Waals surface area contributed by atoms with Crippen LogP contribution < -0.4 is 5.32 Å². The second-order valence-electron chi connectivity index (χ2n) is 4.80. The van der Waals surface area contributed by atoms with Crippen LogP contribution >= 0.6 is 15.9 Å². The van der Waals surface area contributed by atoms with E-state index in [-0.39, 0.29) is 11.9 Å². The van der Waals surface area contributed by atoms with E-state index in [2.05, 4.69) is 42.0 Å². The fraction of sp³-hybridized carbons (Fsp3) is 0.571. The van der Waals surface area contributed by atoms with Gasteiger partial charge in [-0.2, -0.15) is 0 Å². The molecule has 3 heteroatoms. The monoisotopic (exact) mass is 301 g/mol. The van der Waals surface area contributed by atoms with Gasteiger partial charge < -0.3 is 5.32 Å². The van der Waals surface area contributed by atoms with Crippen LogP contribution in [0.3, 0.4) is 0 Å². The molecule has 96 valence electrons. The SMILES string of the molecule is CCCNC(CC(C)C)c1ccc(Br)cc1F. The smallest absolute Gasteiger partial charge is 0.129 e. The molecule has 0 aliphatic carbocycles. The summed E-state index contributed by atoms with van der Waals surface area (Å²) in [6.07, 6.45) is 2.02. The molecule has 1 nitrogen and oxygen atoms in total. The molecule has 1 N–H and O–H groups in total. The van der Waals surface area contributed by atoms with Crippen molar-refractivity contribution < 1.29 is 4.39 Å². The zero-order chi connectivity index (χ0) is 12.8. The van der Waals surface area contributed by atoms with Gasteiger partial charge in [0.05, 0.1) is 0 Å². The predicted molar refractivity (Wildman–Crippen MR) is 74.6 cm³/mol. The number of nitrogens with one attached hydrogen (secondary N) is 1. The highest BCUT2D eigenvalue weighted by atomic mass is 79.9. The van der Waals surface area contributed by atoms with Crippen LogP contribution in [0.5, 0.6) is 0 Å². The summed E-state index contributed by atoms with van der Waals surface area (Å²) in [6, 6.07) is 5.42. The Labute approximate surface area is 112 Å². The number of halogens is 2. The maximum absolute atomic E-state index is 13.9. The van der Waals surface area contributed by atoms with Crippen LogP contribution in [0, 0.1) is 11.7 Å². The van der Waals surface area contributed by atoms with Gasteiger partial charge in [0.25, 0.3) is 0 Å². The minimum Gasteiger partial charge on any atom is -0.310 e. The first-order valence-corrected chi connectivity index (χ1v) is 7.02. The van der Waals surface area contributed by atoms with E-state index in [1.54, 1.807) is 0 Å². The molecular weight excluding hydrogens is 281 g/mol. The van der Waals surface area contributed by atoms with Gasteiger partial charge in [-0.05, 0) is 37.4 Å². The summed E-state index contributed by atoms with van der Waals surface area (Å²) < 4.78 is 14.7. The largest absolute Gasteiger partial charge is 0.310 e. The zero-order valence-electron chi connectivity index (χ0n) is 10.8. The second kappa shape index (κ2) is 7.12. The Kier molecular flexibility index (Phi) is 6.14. The van der Waals surface area contributed by atoms with E-state index in [0.717, 1.165) is 29.4 Å². The van der Waals surface area contributed by atoms with Gasteiger partial charge in [-0.3, -0.25) is 0 Å². The molecule has 0 heterocycles. The minimum atomic E-state index is -0.131. The summed E-state index contributed by atoms with van der Waals surface area (Å²) in [4.78, 5) is 0. The molecule has 0 aromatic heterocycles. The Morgan fingerprint density at radius 3 is 2.59 bits per heavy atom. The van der Waals surface area contributed by atoms with Crippen molar-refractivity contribution in [3.8, 4) is 0 Å². The predicted octanol–water partition coefficient (Wildman–Crippen LogP) is 4.68. The quantitative estimate of drug-likeness (QED) is 0.805.